The van der Waals surface area contributed by atoms with Crippen LogP contribution < -0.4 is 0 Å². The lowest BCUT2D eigenvalue weighted by Gasteiger charge is -2.43. The summed E-state index contributed by atoms with van der Waals surface area (Å²) in [4.78, 5) is 39.4. The fraction of sp³-hybridized carbons (Fsp3) is 0.606. The molecule has 4 rings (SSSR count). The molecule has 2 aliphatic heterocycles. The number of carboxylic acids is 1. The molecular weight excluding hydrogens is 549 g/mol. The van der Waals surface area contributed by atoms with Crippen molar-refractivity contribution in [2.45, 2.75) is 91.0 Å². The highest BCUT2D eigenvalue weighted by Crippen LogP contribution is 2.50. The van der Waals surface area contributed by atoms with Gasteiger partial charge in [-0.05, 0) is 105 Å². The minimum Gasteiger partial charge on any atom is -0.507 e. The molecule has 0 spiro atoms. The summed E-state index contributed by atoms with van der Waals surface area (Å²) in [6.45, 7) is 6.55. The van der Waals surface area contributed by atoms with Crippen molar-refractivity contribution in [2.75, 3.05) is 20.3 Å². The van der Waals surface area contributed by atoms with Crippen LogP contribution in [0.1, 0.15) is 81.4 Å². The molecule has 3 N–H and O–H groups in total. The third-order valence-electron chi connectivity index (χ3n) is 9.17. The summed E-state index contributed by atoms with van der Waals surface area (Å²) in [6, 6.07) is 3.96. The van der Waals surface area contributed by atoms with Gasteiger partial charge in [0.05, 0.1) is 24.5 Å². The van der Waals surface area contributed by atoms with Crippen LogP contribution in [0.5, 0.6) is 5.75 Å². The Balaban J connectivity index is 1.55. The Morgan fingerprint density at radius 1 is 1.09 bits per heavy atom. The number of hydrogen-bond acceptors (Lipinski definition) is 7. The highest BCUT2D eigenvalue weighted by Gasteiger charge is 2.57. The molecule has 2 fully saturated rings. The first-order valence-electron chi connectivity index (χ1n) is 15.7. The van der Waals surface area contributed by atoms with Gasteiger partial charge in [-0.15, -0.1) is 0 Å². The molecule has 1 aliphatic carbocycles. The normalized spacial score (nSPS) is 24.1. The Labute approximate surface area is 255 Å². The fourth-order valence-electron chi connectivity index (χ4n) is 7.29. The average Bonchev–Trinajstić information content (AvgIpc) is 3.18. The molecule has 0 unspecified atom stereocenters. The van der Waals surface area contributed by atoms with Gasteiger partial charge in [0.15, 0.2) is 0 Å². The zero-order valence-corrected chi connectivity index (χ0v) is 25.9. The number of carbonyl (C=O) groups is 3. The number of carbonyl (C=O) groups excluding carboxylic acids is 2. The molecule has 43 heavy (non-hydrogen) atoms. The van der Waals surface area contributed by atoms with Crippen molar-refractivity contribution in [3.05, 3.63) is 45.5 Å². The summed E-state index contributed by atoms with van der Waals surface area (Å²) < 4.78 is 11.7. The molecule has 234 valence electrons. The molecule has 10 heteroatoms. The van der Waals surface area contributed by atoms with Gasteiger partial charge in [0.2, 0.25) is 11.8 Å². The van der Waals surface area contributed by atoms with E-state index in [0.717, 1.165) is 47.1 Å². The molecule has 2 heterocycles. The highest BCUT2D eigenvalue weighted by molar-refractivity contribution is 6.43. The number of allylic oxidation sites excluding steroid dienone is 1. The number of rotatable bonds is 14. The van der Waals surface area contributed by atoms with Crippen LogP contribution in [-0.4, -0.2) is 71.4 Å². The predicted octanol–water partition coefficient (Wildman–Crippen LogP) is 5.06. The van der Waals surface area contributed by atoms with Crippen LogP contribution in [0.3, 0.4) is 0 Å². The van der Waals surface area contributed by atoms with Gasteiger partial charge in [0.25, 0.3) is 0 Å². The molecule has 0 bridgehead atoms. The fourth-order valence-corrected chi connectivity index (χ4v) is 7.29. The zero-order valence-electron chi connectivity index (χ0n) is 25.9. The maximum absolute atomic E-state index is 13.7. The third kappa shape index (κ3) is 7.59. The van der Waals surface area contributed by atoms with Crippen LogP contribution in [0.25, 0.3) is 6.08 Å². The standard InChI is InChI=1S/C33H46BNO8/c1-5-9-22(16-23-14-20(2)31(38)21(3)15-23)11-12-27-29-24(19-42-4)17-25-30(26(29)18-34(41)43-27)33(40)35(32(25)39)13-8-6-7-10-28(36)37/h14-16,25-27,30,38,41H,5-13,17-19H2,1-4H3,(H,36,37)/b22-16+/t25-,26+,27-,30-/m1/s1. The van der Waals surface area contributed by atoms with E-state index in [0.29, 0.717) is 44.5 Å². The number of aliphatic carboxylic acids is 1. The first kappa shape index (κ1) is 33.0. The van der Waals surface area contributed by atoms with Gasteiger partial charge < -0.3 is 24.6 Å². The Morgan fingerprint density at radius 3 is 2.47 bits per heavy atom. The van der Waals surface area contributed by atoms with Crippen molar-refractivity contribution < 1.29 is 39.0 Å². The summed E-state index contributed by atoms with van der Waals surface area (Å²) in [5, 5.41) is 29.9. The third-order valence-corrected chi connectivity index (χ3v) is 9.17. The van der Waals surface area contributed by atoms with Crippen LogP contribution in [0.4, 0.5) is 0 Å². The highest BCUT2D eigenvalue weighted by atomic mass is 16.5. The van der Waals surface area contributed by atoms with Gasteiger partial charge in [-0.1, -0.05) is 31.4 Å². The van der Waals surface area contributed by atoms with Crippen molar-refractivity contribution in [2.24, 2.45) is 17.8 Å². The molecule has 2 amide bonds. The van der Waals surface area contributed by atoms with E-state index in [2.05, 4.69) is 13.0 Å². The van der Waals surface area contributed by atoms with Crippen LogP contribution in [0.15, 0.2) is 28.9 Å². The number of carboxylic acid groups (broad SMARTS) is 1. The Kier molecular flexibility index (Phi) is 11.3. The number of methoxy groups -OCH3 is 1. The molecule has 0 radical (unpaired) electrons. The van der Waals surface area contributed by atoms with Crippen LogP contribution in [0.2, 0.25) is 6.32 Å². The van der Waals surface area contributed by atoms with E-state index in [1.54, 1.807) is 7.11 Å². The summed E-state index contributed by atoms with van der Waals surface area (Å²) >= 11 is 0. The van der Waals surface area contributed by atoms with E-state index in [1.165, 1.54) is 10.5 Å². The van der Waals surface area contributed by atoms with Crippen LogP contribution in [-0.2, 0) is 23.8 Å². The minimum atomic E-state index is -1.03. The van der Waals surface area contributed by atoms with Crippen LogP contribution >= 0.6 is 0 Å². The van der Waals surface area contributed by atoms with Gasteiger partial charge in [0.1, 0.15) is 5.75 Å². The molecule has 1 aromatic rings. The number of aryl methyl sites for hydroxylation is 2. The smallest absolute Gasteiger partial charge is 0.455 e. The number of likely N-dealkylation sites (tertiary alicyclic amines) is 1. The van der Waals surface area contributed by atoms with Gasteiger partial charge in [-0.3, -0.25) is 19.3 Å². The number of fused-ring (bicyclic) bond motifs is 3. The van der Waals surface area contributed by atoms with Gasteiger partial charge in [-0.2, -0.15) is 0 Å². The van der Waals surface area contributed by atoms with Crippen molar-refractivity contribution in [1.29, 1.82) is 0 Å². The number of phenolic OH excluding ortho intramolecular Hbond substituents is 1. The van der Waals surface area contributed by atoms with E-state index < -0.39 is 31.0 Å². The second kappa shape index (κ2) is 14.7. The van der Waals surface area contributed by atoms with Crippen molar-refractivity contribution in [1.82, 2.24) is 4.90 Å². The first-order chi connectivity index (χ1) is 20.5. The van der Waals surface area contributed by atoms with Gasteiger partial charge in [-0.25, -0.2) is 0 Å². The van der Waals surface area contributed by atoms with Gasteiger partial charge >= 0.3 is 13.1 Å². The number of nitrogens with zero attached hydrogens (tertiary/aromatic N) is 1. The summed E-state index contributed by atoms with van der Waals surface area (Å²) in [6.07, 6.45) is 7.51. The maximum Gasteiger partial charge on any atom is 0.455 e. The van der Waals surface area contributed by atoms with Crippen molar-refractivity contribution in [3.8, 4) is 5.75 Å². The number of phenols is 1. The molecule has 4 atom stereocenters. The van der Waals surface area contributed by atoms with E-state index in [-0.39, 0.29) is 37.0 Å². The SMILES string of the molecule is CCC/C(=C\c1cc(C)c(O)c(C)c1)CC[C@H]1OB(O)C[C@H]2C1=C(COC)C[C@H]1C(=O)N(CCCCCC(=O)O)C(=O)[C@H]12. The Morgan fingerprint density at radius 2 is 1.81 bits per heavy atom. The molecular formula is C33H46BNO8. The average molecular weight is 596 g/mol. The van der Waals surface area contributed by atoms with Gasteiger partial charge in [0, 0.05) is 20.1 Å². The number of amides is 2. The van der Waals surface area contributed by atoms with Crippen LogP contribution in [0, 0.1) is 31.6 Å². The lowest BCUT2D eigenvalue weighted by molar-refractivity contribution is -0.141. The zero-order chi connectivity index (χ0) is 31.3. The lowest BCUT2D eigenvalue weighted by Crippen LogP contribution is -2.46. The monoisotopic (exact) mass is 595 g/mol. The minimum absolute atomic E-state index is 0.0749. The van der Waals surface area contributed by atoms with E-state index >= 15 is 0 Å². The van der Waals surface area contributed by atoms with E-state index in [1.807, 2.05) is 26.0 Å². The second-order valence-electron chi connectivity index (χ2n) is 12.4. The predicted molar refractivity (Wildman–Crippen MR) is 164 cm³/mol. The topological polar surface area (TPSA) is 134 Å². The Hall–Kier alpha value is -2.95. The summed E-state index contributed by atoms with van der Waals surface area (Å²) in [5.41, 5.74) is 5.94. The molecule has 2 saturated heterocycles. The Bertz CT molecular complexity index is 1250. The quantitative estimate of drug-likeness (QED) is 0.118. The number of benzene rings is 1. The van der Waals surface area contributed by atoms with E-state index in [4.69, 9.17) is 14.5 Å². The molecule has 0 aromatic heterocycles. The largest absolute Gasteiger partial charge is 0.507 e. The molecule has 3 aliphatic rings. The molecule has 0 saturated carbocycles. The number of aromatic hydroxyl groups is 1. The number of imide groups is 1. The van der Waals surface area contributed by atoms with Crippen molar-refractivity contribution >= 4 is 31.0 Å². The first-order valence-corrected chi connectivity index (χ1v) is 15.7. The lowest BCUT2D eigenvalue weighted by atomic mass is 9.58. The maximum atomic E-state index is 13.7. The summed E-state index contributed by atoms with van der Waals surface area (Å²) in [7, 11) is 0.590. The number of hydrogen-bond donors (Lipinski definition) is 3. The van der Waals surface area contributed by atoms with E-state index in [9.17, 15) is 24.5 Å². The van der Waals surface area contributed by atoms with Crippen molar-refractivity contribution in [3.63, 3.8) is 0 Å². The number of ether oxygens (including phenoxy) is 1. The molecule has 1 aromatic carbocycles. The summed E-state index contributed by atoms with van der Waals surface area (Å²) in [5.74, 6) is -2.21. The second-order valence-corrected chi connectivity index (χ2v) is 12.4. The number of unbranched alkanes of at least 4 members (excludes halogenated alkanes) is 2. The molecule has 9 nitrogen and oxygen atoms in total.